The Balaban J connectivity index is 1.55. The molecule has 1 aromatic heterocycles. The smallest absolute Gasteiger partial charge is 0.306 e. The predicted molar refractivity (Wildman–Crippen MR) is 70.6 cm³/mol. The van der Waals surface area contributed by atoms with E-state index in [2.05, 4.69) is 21.4 Å². The third-order valence-corrected chi connectivity index (χ3v) is 4.72. The maximum Gasteiger partial charge on any atom is 0.306 e. The number of hydrogen-bond acceptors (Lipinski definition) is 5. The molecule has 1 N–H and O–H groups in total. The second-order valence-electron chi connectivity index (χ2n) is 5.40. The maximum atomic E-state index is 12.3. The van der Waals surface area contributed by atoms with Gasteiger partial charge in [0.25, 0.3) is 11.8 Å². The molecule has 4 atom stereocenters. The van der Waals surface area contributed by atoms with Gasteiger partial charge in [0.2, 0.25) is 0 Å². The number of furan rings is 1. The van der Waals surface area contributed by atoms with Crippen molar-refractivity contribution >= 4 is 33.7 Å². The van der Waals surface area contributed by atoms with E-state index in [9.17, 15) is 14.4 Å². The average molecular weight is 355 g/mol. The van der Waals surface area contributed by atoms with Crippen molar-refractivity contribution in [3.05, 3.63) is 22.6 Å². The minimum atomic E-state index is -0.629. The number of nitrogens with zero attached hydrogens (tertiary/aromatic N) is 1. The van der Waals surface area contributed by atoms with Crippen LogP contribution in [0.1, 0.15) is 23.4 Å². The van der Waals surface area contributed by atoms with Gasteiger partial charge < -0.3 is 9.15 Å². The minimum Gasteiger partial charge on any atom is -0.444 e. The number of amides is 3. The summed E-state index contributed by atoms with van der Waals surface area (Å²) in [5.41, 5.74) is 2.33. The molecule has 3 saturated heterocycles. The number of ether oxygens (including phenoxy) is 1. The fourth-order valence-corrected chi connectivity index (χ4v) is 3.72. The summed E-state index contributed by atoms with van der Waals surface area (Å²) in [6, 6.07) is 3.02. The lowest BCUT2D eigenvalue weighted by atomic mass is 9.81. The van der Waals surface area contributed by atoms with Crippen molar-refractivity contribution in [3.8, 4) is 0 Å². The Morgan fingerprint density at radius 2 is 1.81 bits per heavy atom. The molecule has 7 nitrogen and oxygen atoms in total. The summed E-state index contributed by atoms with van der Waals surface area (Å²) in [5.74, 6) is -2.30. The summed E-state index contributed by atoms with van der Waals surface area (Å²) in [5, 5.41) is 0.821. The van der Waals surface area contributed by atoms with Crippen LogP contribution in [0.3, 0.4) is 0 Å². The summed E-state index contributed by atoms with van der Waals surface area (Å²) in [6.45, 7) is 0. The number of hydrazine groups is 1. The van der Waals surface area contributed by atoms with Crippen molar-refractivity contribution in [3.63, 3.8) is 0 Å². The first kappa shape index (κ1) is 13.0. The number of carbonyl (C=O) groups is 3. The molecule has 4 rings (SSSR count). The van der Waals surface area contributed by atoms with E-state index < -0.39 is 29.6 Å². The van der Waals surface area contributed by atoms with Gasteiger partial charge >= 0.3 is 5.91 Å². The Kier molecular flexibility index (Phi) is 2.74. The summed E-state index contributed by atoms with van der Waals surface area (Å²) >= 11 is 3.09. The lowest BCUT2D eigenvalue weighted by Crippen LogP contribution is -2.47. The molecule has 3 aliphatic heterocycles. The van der Waals surface area contributed by atoms with E-state index in [1.54, 1.807) is 6.07 Å². The van der Waals surface area contributed by atoms with Gasteiger partial charge in [0.15, 0.2) is 10.4 Å². The molecule has 3 aliphatic rings. The van der Waals surface area contributed by atoms with Crippen LogP contribution in [-0.4, -0.2) is 34.9 Å². The number of fused-ring (bicyclic) bond motifs is 5. The fraction of sp³-hybridized carbons (Fsp3) is 0.462. The van der Waals surface area contributed by atoms with E-state index in [-0.39, 0.29) is 18.0 Å². The Bertz CT molecular complexity index is 629. The maximum absolute atomic E-state index is 12.3. The van der Waals surface area contributed by atoms with Crippen molar-refractivity contribution < 1.29 is 23.5 Å². The molecule has 0 spiro atoms. The van der Waals surface area contributed by atoms with Gasteiger partial charge in [0.1, 0.15) is 0 Å². The van der Waals surface area contributed by atoms with E-state index in [1.165, 1.54) is 6.07 Å². The van der Waals surface area contributed by atoms with Crippen molar-refractivity contribution in [1.82, 2.24) is 10.4 Å². The summed E-state index contributed by atoms with van der Waals surface area (Å²) in [6.07, 6.45) is 1.18. The SMILES string of the molecule is O=C(NN1C(=O)[C@@H]2[C@@H](C1=O)[C@H]1CC[C@H]2O1)c1ccc(Br)o1. The predicted octanol–water partition coefficient (Wildman–Crippen LogP) is 0.849. The Labute approximate surface area is 127 Å². The van der Waals surface area contributed by atoms with Gasteiger partial charge in [-0.3, -0.25) is 19.8 Å². The quantitative estimate of drug-likeness (QED) is 0.795. The van der Waals surface area contributed by atoms with Crippen molar-refractivity contribution in [2.75, 3.05) is 0 Å². The van der Waals surface area contributed by atoms with Crippen molar-refractivity contribution in [2.45, 2.75) is 25.0 Å². The van der Waals surface area contributed by atoms with Crippen LogP contribution in [0.4, 0.5) is 0 Å². The van der Waals surface area contributed by atoms with Crippen LogP contribution in [0.25, 0.3) is 0 Å². The lowest BCUT2D eigenvalue weighted by molar-refractivity contribution is -0.145. The number of rotatable bonds is 2. The molecule has 0 unspecified atom stereocenters. The van der Waals surface area contributed by atoms with E-state index in [1.807, 2.05) is 0 Å². The number of nitrogens with one attached hydrogen (secondary N) is 1. The Morgan fingerprint density at radius 3 is 2.33 bits per heavy atom. The highest BCUT2D eigenvalue weighted by atomic mass is 79.9. The third kappa shape index (κ3) is 1.78. The third-order valence-electron chi connectivity index (χ3n) is 4.29. The zero-order valence-corrected chi connectivity index (χ0v) is 12.3. The van der Waals surface area contributed by atoms with Crippen LogP contribution in [-0.2, 0) is 14.3 Å². The van der Waals surface area contributed by atoms with Crippen LogP contribution in [0.5, 0.6) is 0 Å². The monoisotopic (exact) mass is 354 g/mol. The molecule has 0 aliphatic carbocycles. The molecule has 8 heteroatoms. The first-order valence-corrected chi connectivity index (χ1v) is 7.45. The fourth-order valence-electron chi connectivity index (χ4n) is 3.42. The summed E-state index contributed by atoms with van der Waals surface area (Å²) < 4.78 is 11.1. The number of halogens is 1. The highest BCUT2D eigenvalue weighted by molar-refractivity contribution is 9.10. The molecule has 0 radical (unpaired) electrons. The van der Waals surface area contributed by atoms with Gasteiger partial charge in [0.05, 0.1) is 24.0 Å². The zero-order chi connectivity index (χ0) is 14.7. The molecule has 3 amide bonds. The molecule has 110 valence electrons. The van der Waals surface area contributed by atoms with E-state index in [4.69, 9.17) is 9.15 Å². The van der Waals surface area contributed by atoms with Crippen LogP contribution in [0.2, 0.25) is 0 Å². The molecule has 4 heterocycles. The van der Waals surface area contributed by atoms with Gasteiger partial charge in [-0.05, 0) is 40.9 Å². The van der Waals surface area contributed by atoms with Gasteiger partial charge in [-0.1, -0.05) is 0 Å². The van der Waals surface area contributed by atoms with Crippen molar-refractivity contribution in [2.24, 2.45) is 11.8 Å². The summed E-state index contributed by atoms with van der Waals surface area (Å²) in [7, 11) is 0. The standard InChI is InChI=1S/C13H11BrN2O5/c14-8-4-3-7(21-8)11(17)15-16-12(18)9-5-1-2-6(20-5)10(9)13(16)19/h3-6,9-10H,1-2H2,(H,15,17)/t5-,6-,9+,10+/m1/s1. The Morgan fingerprint density at radius 1 is 1.19 bits per heavy atom. The van der Waals surface area contributed by atoms with Gasteiger partial charge in [0, 0.05) is 0 Å². The number of imide groups is 1. The Hall–Kier alpha value is -1.67. The molecule has 2 bridgehead atoms. The first-order chi connectivity index (χ1) is 10.1. The molecular formula is C13H11BrN2O5. The highest BCUT2D eigenvalue weighted by Crippen LogP contribution is 2.48. The number of carbonyl (C=O) groups excluding carboxylic acids is 3. The second-order valence-corrected chi connectivity index (χ2v) is 6.18. The average Bonchev–Trinajstić information content (AvgIpc) is 3.19. The molecule has 3 fully saturated rings. The van der Waals surface area contributed by atoms with Gasteiger partial charge in [-0.25, -0.2) is 0 Å². The zero-order valence-electron chi connectivity index (χ0n) is 10.7. The molecule has 0 aromatic carbocycles. The van der Waals surface area contributed by atoms with Gasteiger partial charge in [-0.15, -0.1) is 0 Å². The van der Waals surface area contributed by atoms with Crippen LogP contribution < -0.4 is 5.43 Å². The minimum absolute atomic E-state index is 0.0266. The van der Waals surface area contributed by atoms with E-state index in [0.717, 1.165) is 17.9 Å². The van der Waals surface area contributed by atoms with E-state index in [0.29, 0.717) is 4.67 Å². The van der Waals surface area contributed by atoms with Crippen LogP contribution in [0.15, 0.2) is 21.2 Å². The molecule has 0 saturated carbocycles. The number of hydrogen-bond donors (Lipinski definition) is 1. The summed E-state index contributed by atoms with van der Waals surface area (Å²) in [4.78, 5) is 36.7. The van der Waals surface area contributed by atoms with Gasteiger partial charge in [-0.2, -0.15) is 5.01 Å². The molecule has 21 heavy (non-hydrogen) atoms. The largest absolute Gasteiger partial charge is 0.444 e. The normalized spacial score (nSPS) is 33.7. The molecule has 1 aromatic rings. The first-order valence-electron chi connectivity index (χ1n) is 6.66. The van der Waals surface area contributed by atoms with Crippen LogP contribution in [0, 0.1) is 11.8 Å². The van der Waals surface area contributed by atoms with E-state index >= 15 is 0 Å². The van der Waals surface area contributed by atoms with Crippen molar-refractivity contribution in [1.29, 1.82) is 0 Å². The lowest BCUT2D eigenvalue weighted by Gasteiger charge is -2.17. The second kappa shape index (κ2) is 4.41. The van der Waals surface area contributed by atoms with Crippen LogP contribution >= 0.6 is 15.9 Å². The highest BCUT2D eigenvalue weighted by Gasteiger charge is 2.62. The molecular weight excluding hydrogens is 344 g/mol. The topological polar surface area (TPSA) is 88.9 Å².